The summed E-state index contributed by atoms with van der Waals surface area (Å²) >= 11 is 3.37. The Bertz CT molecular complexity index is 1050. The van der Waals surface area contributed by atoms with Crippen LogP contribution >= 0.6 is 15.9 Å². The van der Waals surface area contributed by atoms with E-state index < -0.39 is 22.2 Å². The molecule has 3 rings (SSSR count). The number of halogens is 1. The van der Waals surface area contributed by atoms with Gasteiger partial charge in [0, 0.05) is 35.7 Å². The molecule has 0 unspecified atom stereocenters. The summed E-state index contributed by atoms with van der Waals surface area (Å²) in [6, 6.07) is 13.0. The Labute approximate surface area is 197 Å². The molecule has 0 fully saturated rings. The number of carbonyl (C=O) groups excluding carboxylic acids is 1. The topological polar surface area (TPSA) is 99.2 Å². The fraction of sp³-hybridized carbons (Fsp3) is 0.409. The maximum atomic E-state index is 13.3. The van der Waals surface area contributed by atoms with E-state index in [9.17, 15) is 18.3 Å². The number of para-hydroxylation sites is 1. The molecule has 2 aromatic carbocycles. The Balaban J connectivity index is 1.89. The van der Waals surface area contributed by atoms with Gasteiger partial charge in [0.2, 0.25) is 10.0 Å². The molecule has 0 spiro atoms. The minimum atomic E-state index is -3.88. The van der Waals surface area contributed by atoms with E-state index in [2.05, 4.69) is 21.2 Å². The van der Waals surface area contributed by atoms with Crippen molar-refractivity contribution >= 4 is 37.7 Å². The minimum absolute atomic E-state index is 0.0364. The molecule has 0 radical (unpaired) electrons. The number of sulfonamides is 1. The lowest BCUT2D eigenvalue weighted by Gasteiger charge is -2.37. The summed E-state index contributed by atoms with van der Waals surface area (Å²) in [7, 11) is -2.21. The first-order chi connectivity index (χ1) is 15.1. The first-order valence-corrected chi connectivity index (χ1v) is 12.5. The number of amides is 2. The van der Waals surface area contributed by atoms with Crippen LogP contribution in [0.25, 0.3) is 0 Å². The lowest BCUT2D eigenvalue weighted by molar-refractivity contribution is 0.0829. The van der Waals surface area contributed by atoms with Crippen LogP contribution < -0.4 is 10.1 Å². The van der Waals surface area contributed by atoms with Gasteiger partial charge >= 0.3 is 6.03 Å². The van der Waals surface area contributed by atoms with Crippen molar-refractivity contribution in [3.05, 3.63) is 53.0 Å². The van der Waals surface area contributed by atoms with E-state index in [4.69, 9.17) is 4.74 Å². The van der Waals surface area contributed by atoms with Crippen LogP contribution in [0, 0.1) is 5.92 Å². The Morgan fingerprint density at radius 3 is 2.66 bits per heavy atom. The number of nitrogens with one attached hydrogen (secondary N) is 1. The van der Waals surface area contributed by atoms with Crippen LogP contribution in [0.3, 0.4) is 0 Å². The molecule has 0 aliphatic carbocycles. The largest absolute Gasteiger partial charge is 0.487 e. The van der Waals surface area contributed by atoms with Crippen LogP contribution in [0.4, 0.5) is 10.5 Å². The van der Waals surface area contributed by atoms with Crippen molar-refractivity contribution in [3.8, 4) is 5.75 Å². The second-order valence-electron chi connectivity index (χ2n) is 8.01. The summed E-state index contributed by atoms with van der Waals surface area (Å²) in [5.74, 6) is -0.0409. The predicted molar refractivity (Wildman–Crippen MR) is 126 cm³/mol. The standard InChI is InChI=1S/C22H28BrN3O5S/c1-15-12-26(16(2)14-27)32(29,30)21-10-9-17(23)11-19(21)31-20(15)13-25(3)22(28)24-18-7-5-4-6-8-18/h4-11,15-16,20,27H,12-14H2,1-3H3,(H,24,28)/t15-,16-,20+/m1/s1. The number of hydrogen-bond donors (Lipinski definition) is 2. The number of urea groups is 1. The number of nitrogens with zero attached hydrogens (tertiary/aromatic N) is 2. The van der Waals surface area contributed by atoms with Gasteiger partial charge in [0.15, 0.2) is 0 Å². The van der Waals surface area contributed by atoms with Crippen molar-refractivity contribution in [2.75, 3.05) is 32.1 Å². The average Bonchev–Trinajstić information content (AvgIpc) is 2.76. The van der Waals surface area contributed by atoms with Crippen LogP contribution in [0.1, 0.15) is 13.8 Å². The van der Waals surface area contributed by atoms with Gasteiger partial charge < -0.3 is 20.1 Å². The number of fused-ring (bicyclic) bond motifs is 1. The molecular formula is C22H28BrN3O5S. The van der Waals surface area contributed by atoms with E-state index in [0.717, 1.165) is 0 Å². The van der Waals surface area contributed by atoms with Gasteiger partial charge in [-0.15, -0.1) is 0 Å². The molecule has 3 atom stereocenters. The van der Waals surface area contributed by atoms with Gasteiger partial charge in [0.1, 0.15) is 16.7 Å². The molecule has 0 saturated carbocycles. The number of aliphatic hydroxyl groups excluding tert-OH is 1. The van der Waals surface area contributed by atoms with Crippen LogP contribution in [0.15, 0.2) is 57.9 Å². The normalized spacial score (nSPS) is 21.4. The second-order valence-corrected chi connectivity index (χ2v) is 10.8. The Hall–Kier alpha value is -2.14. The number of aliphatic hydroxyl groups is 1. The Kier molecular flexibility index (Phi) is 7.81. The average molecular weight is 526 g/mol. The molecule has 8 nitrogen and oxygen atoms in total. The van der Waals surface area contributed by atoms with Gasteiger partial charge in [-0.3, -0.25) is 0 Å². The van der Waals surface area contributed by atoms with Crippen molar-refractivity contribution in [2.45, 2.75) is 30.9 Å². The zero-order chi connectivity index (χ0) is 23.5. The third-order valence-electron chi connectivity index (χ3n) is 5.45. The Morgan fingerprint density at radius 1 is 1.31 bits per heavy atom. The van der Waals surface area contributed by atoms with Gasteiger partial charge in [-0.25, -0.2) is 13.2 Å². The predicted octanol–water partition coefficient (Wildman–Crippen LogP) is 3.38. The summed E-state index contributed by atoms with van der Waals surface area (Å²) in [5.41, 5.74) is 0.680. The lowest BCUT2D eigenvalue weighted by Crippen LogP contribution is -2.50. The number of likely N-dealkylation sites (N-methyl/N-ethyl adjacent to an activating group) is 1. The molecule has 2 aromatic rings. The number of carbonyl (C=O) groups is 1. The van der Waals surface area contributed by atoms with E-state index in [-0.39, 0.29) is 42.3 Å². The van der Waals surface area contributed by atoms with Crippen LogP contribution in [0.5, 0.6) is 5.75 Å². The molecule has 1 heterocycles. The number of benzene rings is 2. The van der Waals surface area contributed by atoms with E-state index in [1.165, 1.54) is 15.3 Å². The lowest BCUT2D eigenvalue weighted by atomic mass is 10.0. The molecule has 0 aromatic heterocycles. The third-order valence-corrected chi connectivity index (χ3v) is 7.97. The van der Waals surface area contributed by atoms with Crippen molar-refractivity contribution in [3.63, 3.8) is 0 Å². The zero-order valence-electron chi connectivity index (χ0n) is 18.2. The van der Waals surface area contributed by atoms with Crippen molar-refractivity contribution in [2.24, 2.45) is 5.92 Å². The van der Waals surface area contributed by atoms with E-state index in [1.807, 2.05) is 25.1 Å². The van der Waals surface area contributed by atoms with Crippen LogP contribution in [-0.2, 0) is 10.0 Å². The molecule has 174 valence electrons. The SMILES string of the molecule is C[C@@H]1CN([C@H](C)CO)S(=O)(=O)c2ccc(Br)cc2O[C@H]1CN(C)C(=O)Nc1ccccc1. The summed E-state index contributed by atoms with van der Waals surface area (Å²) in [6.45, 7) is 3.64. The van der Waals surface area contributed by atoms with E-state index in [1.54, 1.807) is 38.2 Å². The second kappa shape index (κ2) is 10.2. The minimum Gasteiger partial charge on any atom is -0.487 e. The molecule has 32 heavy (non-hydrogen) atoms. The third kappa shape index (κ3) is 5.43. The quantitative estimate of drug-likeness (QED) is 0.623. The van der Waals surface area contributed by atoms with Crippen LogP contribution in [0.2, 0.25) is 0 Å². The maximum Gasteiger partial charge on any atom is 0.321 e. The monoisotopic (exact) mass is 525 g/mol. The number of hydrogen-bond acceptors (Lipinski definition) is 5. The fourth-order valence-corrected chi connectivity index (χ4v) is 5.68. The highest BCUT2D eigenvalue weighted by Gasteiger charge is 2.38. The van der Waals surface area contributed by atoms with Gasteiger partial charge in [0.25, 0.3) is 0 Å². The highest BCUT2D eigenvalue weighted by molar-refractivity contribution is 9.10. The smallest absolute Gasteiger partial charge is 0.321 e. The first kappa shape index (κ1) is 24.5. The summed E-state index contributed by atoms with van der Waals surface area (Å²) in [5, 5.41) is 12.5. The fourth-order valence-electron chi connectivity index (χ4n) is 3.51. The molecular weight excluding hydrogens is 498 g/mol. The molecule has 0 bridgehead atoms. The Morgan fingerprint density at radius 2 is 2.00 bits per heavy atom. The highest BCUT2D eigenvalue weighted by Crippen LogP contribution is 2.35. The van der Waals surface area contributed by atoms with E-state index in [0.29, 0.717) is 10.2 Å². The van der Waals surface area contributed by atoms with Gasteiger partial charge in [-0.2, -0.15) is 4.31 Å². The molecule has 2 amide bonds. The number of anilines is 1. The molecule has 1 aliphatic heterocycles. The molecule has 10 heteroatoms. The molecule has 2 N–H and O–H groups in total. The number of ether oxygens (including phenoxy) is 1. The maximum absolute atomic E-state index is 13.3. The first-order valence-electron chi connectivity index (χ1n) is 10.3. The van der Waals surface area contributed by atoms with Crippen molar-refractivity contribution in [1.29, 1.82) is 0 Å². The highest BCUT2D eigenvalue weighted by atomic mass is 79.9. The zero-order valence-corrected chi connectivity index (χ0v) is 20.6. The summed E-state index contributed by atoms with van der Waals surface area (Å²) < 4.78 is 34.8. The summed E-state index contributed by atoms with van der Waals surface area (Å²) in [6.07, 6.45) is -0.474. The van der Waals surface area contributed by atoms with Gasteiger partial charge in [-0.1, -0.05) is 41.1 Å². The van der Waals surface area contributed by atoms with Crippen molar-refractivity contribution in [1.82, 2.24) is 9.21 Å². The van der Waals surface area contributed by atoms with Gasteiger partial charge in [-0.05, 0) is 37.3 Å². The van der Waals surface area contributed by atoms with Crippen molar-refractivity contribution < 1.29 is 23.1 Å². The van der Waals surface area contributed by atoms with Crippen LogP contribution in [-0.4, -0.2) is 67.7 Å². The molecule has 1 aliphatic rings. The van der Waals surface area contributed by atoms with Gasteiger partial charge in [0.05, 0.1) is 13.2 Å². The summed E-state index contributed by atoms with van der Waals surface area (Å²) in [4.78, 5) is 14.2. The molecule has 0 saturated heterocycles. The van der Waals surface area contributed by atoms with E-state index >= 15 is 0 Å². The number of rotatable bonds is 5.